The predicted octanol–water partition coefficient (Wildman–Crippen LogP) is 3.70. The highest BCUT2D eigenvalue weighted by Gasteiger charge is 2.41. The molecule has 3 fully saturated rings. The molecule has 2 nitrogen and oxygen atoms in total. The van der Waals surface area contributed by atoms with Gasteiger partial charge in [-0.2, -0.15) is 11.8 Å². The molecule has 3 rings (SSSR count). The Kier molecular flexibility index (Phi) is 4.99. The fraction of sp³-hybridized carbons (Fsp3) is 1.00. The van der Waals surface area contributed by atoms with Crippen molar-refractivity contribution in [1.82, 2.24) is 5.32 Å². The maximum atomic E-state index is 6.25. The van der Waals surface area contributed by atoms with Crippen LogP contribution in [0, 0.1) is 17.8 Å². The summed E-state index contributed by atoms with van der Waals surface area (Å²) in [4.78, 5) is 0. The van der Waals surface area contributed by atoms with Crippen LogP contribution in [0.1, 0.15) is 52.4 Å². The van der Waals surface area contributed by atoms with Crippen molar-refractivity contribution in [3.63, 3.8) is 0 Å². The average molecular weight is 298 g/mol. The Morgan fingerprint density at radius 1 is 1.20 bits per heavy atom. The predicted molar refractivity (Wildman–Crippen MR) is 87.3 cm³/mol. The highest BCUT2D eigenvalue weighted by atomic mass is 32.2. The van der Waals surface area contributed by atoms with Crippen molar-refractivity contribution >= 4 is 11.8 Å². The van der Waals surface area contributed by atoms with Crippen LogP contribution in [0.25, 0.3) is 0 Å². The zero-order valence-corrected chi connectivity index (χ0v) is 14.0. The first-order valence-electron chi connectivity index (χ1n) is 8.64. The van der Waals surface area contributed by atoms with Crippen molar-refractivity contribution in [2.45, 2.75) is 64.0 Å². The van der Waals surface area contributed by atoms with E-state index in [9.17, 15) is 0 Å². The van der Waals surface area contributed by atoms with Gasteiger partial charge in [0.2, 0.25) is 0 Å². The smallest absolute Gasteiger partial charge is 0.0701 e. The van der Waals surface area contributed by atoms with Crippen LogP contribution < -0.4 is 5.32 Å². The first kappa shape index (κ1) is 15.2. The number of thioether (sulfide) groups is 1. The van der Waals surface area contributed by atoms with E-state index in [0.717, 1.165) is 30.4 Å². The molecule has 0 aromatic heterocycles. The van der Waals surface area contributed by atoms with Gasteiger partial charge in [0, 0.05) is 12.6 Å². The Balaban J connectivity index is 1.51. The zero-order valence-electron chi connectivity index (χ0n) is 13.2. The van der Waals surface area contributed by atoms with Gasteiger partial charge < -0.3 is 10.1 Å². The number of ether oxygens (including phenoxy) is 1. The molecule has 1 N–H and O–H groups in total. The van der Waals surface area contributed by atoms with Gasteiger partial charge in [-0.15, -0.1) is 0 Å². The van der Waals surface area contributed by atoms with E-state index in [2.05, 4.69) is 30.9 Å². The van der Waals surface area contributed by atoms with Gasteiger partial charge in [0.25, 0.3) is 0 Å². The minimum absolute atomic E-state index is 0.256. The summed E-state index contributed by atoms with van der Waals surface area (Å²) < 4.78 is 6.25. The van der Waals surface area contributed by atoms with Crippen molar-refractivity contribution in [2.24, 2.45) is 17.8 Å². The molecule has 2 heterocycles. The lowest BCUT2D eigenvalue weighted by molar-refractivity contribution is -0.112. The van der Waals surface area contributed by atoms with E-state index < -0.39 is 0 Å². The van der Waals surface area contributed by atoms with Crippen molar-refractivity contribution < 1.29 is 4.74 Å². The highest BCUT2D eigenvalue weighted by molar-refractivity contribution is 7.99. The van der Waals surface area contributed by atoms with Gasteiger partial charge in [0.05, 0.1) is 5.60 Å². The van der Waals surface area contributed by atoms with Crippen LogP contribution in [-0.2, 0) is 4.74 Å². The topological polar surface area (TPSA) is 21.3 Å². The number of rotatable bonds is 5. The van der Waals surface area contributed by atoms with Gasteiger partial charge in [-0.25, -0.2) is 0 Å². The van der Waals surface area contributed by atoms with Crippen LogP contribution in [0.4, 0.5) is 0 Å². The summed E-state index contributed by atoms with van der Waals surface area (Å²) >= 11 is 2.11. The summed E-state index contributed by atoms with van der Waals surface area (Å²) in [5.41, 5.74) is 0.256. The van der Waals surface area contributed by atoms with Crippen LogP contribution in [0.5, 0.6) is 0 Å². The first-order valence-corrected chi connectivity index (χ1v) is 9.79. The third-order valence-corrected chi connectivity index (χ3v) is 6.87. The zero-order chi connectivity index (χ0) is 14.0. The molecule has 1 spiro atoms. The molecule has 3 heteroatoms. The standard InChI is InChI=1S/C17H31NOS/c1-13(12-18-16-3-4-16)14(2)15-5-8-19-17(11-15)6-9-20-10-7-17/h13-16,18H,3-12H2,1-2H3. The summed E-state index contributed by atoms with van der Waals surface area (Å²) in [6.45, 7) is 7.15. The van der Waals surface area contributed by atoms with Crippen LogP contribution >= 0.6 is 11.8 Å². The fourth-order valence-electron chi connectivity index (χ4n) is 3.90. The van der Waals surface area contributed by atoms with E-state index in [1.165, 1.54) is 56.6 Å². The Morgan fingerprint density at radius 3 is 2.65 bits per heavy atom. The molecule has 0 bridgehead atoms. The Bertz CT molecular complexity index is 307. The molecule has 0 radical (unpaired) electrons. The number of nitrogens with one attached hydrogen (secondary N) is 1. The van der Waals surface area contributed by atoms with E-state index in [-0.39, 0.29) is 5.60 Å². The minimum atomic E-state index is 0.256. The van der Waals surface area contributed by atoms with Gasteiger partial charge in [-0.1, -0.05) is 13.8 Å². The summed E-state index contributed by atoms with van der Waals surface area (Å²) in [6.07, 6.45) is 7.98. The lowest BCUT2D eigenvalue weighted by Gasteiger charge is -2.45. The summed E-state index contributed by atoms with van der Waals surface area (Å²) in [5.74, 6) is 5.12. The highest BCUT2D eigenvalue weighted by Crippen LogP contribution is 2.43. The Morgan fingerprint density at radius 2 is 1.95 bits per heavy atom. The average Bonchev–Trinajstić information content (AvgIpc) is 3.29. The lowest BCUT2D eigenvalue weighted by atomic mass is 9.73. The van der Waals surface area contributed by atoms with Gasteiger partial charge in [0.1, 0.15) is 0 Å². The normalized spacial score (nSPS) is 33.0. The van der Waals surface area contributed by atoms with Crippen LogP contribution in [0.2, 0.25) is 0 Å². The molecule has 0 amide bonds. The molecule has 0 aromatic carbocycles. The SMILES string of the molecule is CC(CNC1CC1)C(C)C1CCOC2(CCSCC2)C1. The molecule has 1 saturated carbocycles. The third kappa shape index (κ3) is 3.72. The summed E-state index contributed by atoms with van der Waals surface area (Å²) in [7, 11) is 0. The molecule has 2 aliphatic heterocycles. The maximum Gasteiger partial charge on any atom is 0.0701 e. The molecule has 3 aliphatic rings. The molecule has 1 aliphatic carbocycles. The summed E-state index contributed by atoms with van der Waals surface area (Å²) in [5, 5.41) is 3.71. The van der Waals surface area contributed by atoms with E-state index in [4.69, 9.17) is 4.74 Å². The van der Waals surface area contributed by atoms with Crippen LogP contribution in [-0.4, -0.2) is 36.3 Å². The second kappa shape index (κ2) is 6.58. The largest absolute Gasteiger partial charge is 0.375 e. The second-order valence-corrected chi connectivity index (χ2v) is 8.64. The Labute approximate surface area is 128 Å². The molecular weight excluding hydrogens is 266 g/mol. The summed E-state index contributed by atoms with van der Waals surface area (Å²) in [6, 6.07) is 0.848. The van der Waals surface area contributed by atoms with Gasteiger partial charge in [0.15, 0.2) is 0 Å². The Hall–Kier alpha value is 0.270. The molecule has 2 saturated heterocycles. The fourth-order valence-corrected chi connectivity index (χ4v) is 5.13. The molecule has 0 aromatic rings. The maximum absolute atomic E-state index is 6.25. The minimum Gasteiger partial charge on any atom is -0.375 e. The molecule has 116 valence electrons. The van der Waals surface area contributed by atoms with Crippen LogP contribution in [0.15, 0.2) is 0 Å². The van der Waals surface area contributed by atoms with Crippen molar-refractivity contribution in [1.29, 1.82) is 0 Å². The monoisotopic (exact) mass is 297 g/mol. The second-order valence-electron chi connectivity index (χ2n) is 7.42. The number of hydrogen-bond acceptors (Lipinski definition) is 3. The van der Waals surface area contributed by atoms with Crippen molar-refractivity contribution in [3.05, 3.63) is 0 Å². The van der Waals surface area contributed by atoms with Gasteiger partial charge in [-0.3, -0.25) is 0 Å². The van der Waals surface area contributed by atoms with Gasteiger partial charge >= 0.3 is 0 Å². The third-order valence-electron chi connectivity index (χ3n) is 5.88. The number of hydrogen-bond donors (Lipinski definition) is 1. The molecule has 20 heavy (non-hydrogen) atoms. The molecular formula is C17H31NOS. The molecule has 3 atom stereocenters. The van der Waals surface area contributed by atoms with Gasteiger partial charge in [-0.05, 0) is 74.3 Å². The quantitative estimate of drug-likeness (QED) is 0.836. The lowest BCUT2D eigenvalue weighted by Crippen LogP contribution is -2.45. The van der Waals surface area contributed by atoms with Crippen LogP contribution in [0.3, 0.4) is 0 Å². The van der Waals surface area contributed by atoms with Crippen molar-refractivity contribution in [2.75, 3.05) is 24.7 Å². The molecule has 3 unspecified atom stereocenters. The van der Waals surface area contributed by atoms with E-state index in [0.29, 0.717) is 0 Å². The van der Waals surface area contributed by atoms with E-state index in [1.54, 1.807) is 0 Å². The van der Waals surface area contributed by atoms with Crippen molar-refractivity contribution in [3.8, 4) is 0 Å². The van der Waals surface area contributed by atoms with E-state index >= 15 is 0 Å². The first-order chi connectivity index (χ1) is 9.69. The van der Waals surface area contributed by atoms with E-state index in [1.807, 2.05) is 0 Å².